The Morgan fingerprint density at radius 2 is 1.69 bits per heavy atom. The lowest BCUT2D eigenvalue weighted by Crippen LogP contribution is -2.38. The molecular formula is C28H27N2OSi+. The van der Waals surface area contributed by atoms with Gasteiger partial charge >= 0.3 is 0 Å². The molecule has 0 aliphatic carbocycles. The van der Waals surface area contributed by atoms with E-state index in [1.807, 2.05) is 18.2 Å². The monoisotopic (exact) mass is 435 g/mol. The molecule has 0 spiro atoms. The molecule has 0 fully saturated rings. The quantitative estimate of drug-likeness (QED) is 0.167. The van der Waals surface area contributed by atoms with Crippen LogP contribution in [-0.2, 0) is 7.05 Å². The van der Waals surface area contributed by atoms with Crippen molar-refractivity contribution in [3.05, 3.63) is 77.1 Å². The number of rotatable bonds is 2. The number of aryl methyl sites for hydroxylation is 2. The molecule has 0 atom stereocenters. The van der Waals surface area contributed by atoms with Crippen molar-refractivity contribution >= 4 is 51.8 Å². The van der Waals surface area contributed by atoms with E-state index in [1.165, 1.54) is 27.2 Å². The highest BCUT2D eigenvalue weighted by molar-refractivity contribution is 6.88. The van der Waals surface area contributed by atoms with E-state index < -0.39 is 8.07 Å². The van der Waals surface area contributed by atoms with Crippen LogP contribution in [0.1, 0.15) is 11.1 Å². The molecule has 32 heavy (non-hydrogen) atoms. The fourth-order valence-corrected chi connectivity index (χ4v) is 5.80. The van der Waals surface area contributed by atoms with Gasteiger partial charge in [0.15, 0.2) is 5.69 Å². The van der Waals surface area contributed by atoms with Crippen LogP contribution in [-0.4, -0.2) is 8.07 Å². The second-order valence-corrected chi connectivity index (χ2v) is 14.8. The van der Waals surface area contributed by atoms with Gasteiger partial charge in [-0.05, 0) is 49.2 Å². The van der Waals surface area contributed by atoms with Gasteiger partial charge in [-0.15, -0.1) is 0 Å². The van der Waals surface area contributed by atoms with Crippen LogP contribution in [0.25, 0.3) is 48.9 Å². The maximum Gasteiger partial charge on any atom is 0.216 e. The Kier molecular flexibility index (Phi) is 4.51. The van der Waals surface area contributed by atoms with Crippen LogP contribution < -0.4 is 9.75 Å². The molecule has 0 bridgehead atoms. The van der Waals surface area contributed by atoms with Gasteiger partial charge in [0.2, 0.25) is 11.2 Å². The molecule has 0 radical (unpaired) electrons. The number of nitrogens with zero attached hydrogens (tertiary/aromatic N) is 2. The molecule has 5 rings (SSSR count). The Bertz CT molecular complexity index is 1600. The lowest BCUT2D eigenvalue weighted by Gasteiger charge is -2.17. The lowest BCUT2D eigenvalue weighted by molar-refractivity contribution is -0.633. The Morgan fingerprint density at radius 1 is 0.906 bits per heavy atom. The molecule has 0 amide bonds. The predicted molar refractivity (Wildman–Crippen MR) is 137 cm³/mol. The minimum Gasteiger partial charge on any atom is -0.456 e. The van der Waals surface area contributed by atoms with Gasteiger partial charge in [0.25, 0.3) is 0 Å². The average Bonchev–Trinajstić information content (AvgIpc) is 3.11. The smallest absolute Gasteiger partial charge is 0.216 e. The molecule has 2 aromatic heterocycles. The molecule has 0 unspecified atom stereocenters. The third kappa shape index (κ3) is 3.04. The fourth-order valence-electron chi connectivity index (χ4n) is 4.63. The largest absolute Gasteiger partial charge is 0.456 e. The number of furan rings is 1. The standard InChI is InChI=1S/C28H27N2OSi/c1-17-14-23-22-11-9-20(29-3)16-26(22)31-28(23)27(18(17)2)25-12-8-19-15-21(32(5,6)7)10-13-24(19)30(25)4/h8-16H,1-2,4-7H3/q+1. The summed E-state index contributed by atoms with van der Waals surface area (Å²) in [5.74, 6) is 0. The van der Waals surface area contributed by atoms with Crippen molar-refractivity contribution in [3.8, 4) is 11.3 Å². The molecular weight excluding hydrogens is 408 g/mol. The van der Waals surface area contributed by atoms with Crippen LogP contribution >= 0.6 is 0 Å². The van der Waals surface area contributed by atoms with Gasteiger partial charge in [-0.2, -0.15) is 4.57 Å². The van der Waals surface area contributed by atoms with Gasteiger partial charge in [0, 0.05) is 28.3 Å². The number of fused-ring (bicyclic) bond motifs is 4. The molecule has 0 saturated carbocycles. The first-order chi connectivity index (χ1) is 15.2. The number of pyridine rings is 1. The fraction of sp³-hybridized carbons (Fsp3) is 0.214. The van der Waals surface area contributed by atoms with Crippen molar-refractivity contribution in [2.24, 2.45) is 7.05 Å². The Labute approximate surface area is 189 Å². The van der Waals surface area contributed by atoms with Crippen LogP contribution in [0.5, 0.6) is 0 Å². The van der Waals surface area contributed by atoms with Gasteiger partial charge < -0.3 is 4.42 Å². The highest BCUT2D eigenvalue weighted by Crippen LogP contribution is 2.39. The molecule has 4 heteroatoms. The number of aromatic nitrogens is 1. The normalized spacial score (nSPS) is 12.0. The van der Waals surface area contributed by atoms with Crippen molar-refractivity contribution in [3.63, 3.8) is 0 Å². The van der Waals surface area contributed by atoms with Crippen molar-refractivity contribution in [1.82, 2.24) is 0 Å². The number of hydrogen-bond donors (Lipinski definition) is 0. The summed E-state index contributed by atoms with van der Waals surface area (Å²) < 4.78 is 8.68. The average molecular weight is 436 g/mol. The third-order valence-electron chi connectivity index (χ3n) is 6.69. The molecule has 0 N–H and O–H groups in total. The van der Waals surface area contributed by atoms with Crippen molar-refractivity contribution in [2.45, 2.75) is 33.5 Å². The highest BCUT2D eigenvalue weighted by atomic mass is 28.3. The van der Waals surface area contributed by atoms with E-state index >= 15 is 0 Å². The van der Waals surface area contributed by atoms with E-state index in [0.29, 0.717) is 5.69 Å². The molecule has 3 aromatic carbocycles. The minimum atomic E-state index is -1.37. The topological polar surface area (TPSA) is 21.4 Å². The van der Waals surface area contributed by atoms with Crippen LogP contribution in [0.2, 0.25) is 19.6 Å². The third-order valence-corrected chi connectivity index (χ3v) is 8.73. The van der Waals surface area contributed by atoms with Crippen molar-refractivity contribution in [1.29, 1.82) is 0 Å². The second kappa shape index (κ2) is 7.05. The number of hydrogen-bond acceptors (Lipinski definition) is 1. The summed E-state index contributed by atoms with van der Waals surface area (Å²) in [5, 5.41) is 4.90. The summed E-state index contributed by atoms with van der Waals surface area (Å²) in [7, 11) is 0.768. The van der Waals surface area contributed by atoms with E-state index in [2.05, 4.69) is 86.3 Å². The van der Waals surface area contributed by atoms with Crippen molar-refractivity contribution < 1.29 is 8.98 Å². The zero-order valence-electron chi connectivity index (χ0n) is 19.5. The van der Waals surface area contributed by atoms with Gasteiger partial charge in [-0.1, -0.05) is 43.0 Å². The van der Waals surface area contributed by atoms with E-state index in [9.17, 15) is 0 Å². The molecule has 0 aliphatic heterocycles. The molecule has 158 valence electrons. The van der Waals surface area contributed by atoms with Crippen LogP contribution in [0.4, 0.5) is 5.69 Å². The summed E-state index contributed by atoms with van der Waals surface area (Å²) >= 11 is 0. The Balaban J connectivity index is 1.83. The second-order valence-electron chi connectivity index (χ2n) is 9.77. The minimum absolute atomic E-state index is 0.598. The van der Waals surface area contributed by atoms with Gasteiger partial charge in [0.1, 0.15) is 18.2 Å². The number of benzene rings is 3. The molecule has 2 heterocycles. The summed E-state index contributed by atoms with van der Waals surface area (Å²) in [6.45, 7) is 18.8. The first-order valence-electron chi connectivity index (χ1n) is 11.0. The molecule has 3 nitrogen and oxygen atoms in total. The summed E-state index contributed by atoms with van der Waals surface area (Å²) in [6.07, 6.45) is 0. The maximum atomic E-state index is 7.34. The summed E-state index contributed by atoms with van der Waals surface area (Å²) in [5.41, 5.74) is 8.18. The Hall–Kier alpha value is -3.42. The van der Waals surface area contributed by atoms with Crippen molar-refractivity contribution in [2.75, 3.05) is 0 Å². The molecule has 5 aromatic rings. The lowest BCUT2D eigenvalue weighted by atomic mass is 9.96. The highest BCUT2D eigenvalue weighted by Gasteiger charge is 2.24. The van der Waals surface area contributed by atoms with E-state index in [0.717, 1.165) is 33.2 Å². The Morgan fingerprint density at radius 3 is 2.41 bits per heavy atom. The SMILES string of the molecule is [C-]#[N+]c1ccc2c(c1)oc1c(-c3ccc4cc([Si](C)(C)C)ccc4[n+]3C)c(C)c(C)cc12. The van der Waals surface area contributed by atoms with E-state index in [-0.39, 0.29) is 0 Å². The first kappa shape index (κ1) is 20.5. The molecule has 0 saturated heterocycles. The first-order valence-corrected chi connectivity index (χ1v) is 14.5. The van der Waals surface area contributed by atoms with Crippen LogP contribution in [0, 0.1) is 20.4 Å². The zero-order chi connectivity index (χ0) is 22.8. The van der Waals surface area contributed by atoms with Gasteiger partial charge in [-0.25, -0.2) is 4.85 Å². The van der Waals surface area contributed by atoms with Gasteiger partial charge in [0.05, 0.1) is 20.2 Å². The van der Waals surface area contributed by atoms with Gasteiger partial charge in [-0.3, -0.25) is 0 Å². The van der Waals surface area contributed by atoms with E-state index in [1.54, 1.807) is 0 Å². The summed E-state index contributed by atoms with van der Waals surface area (Å²) in [4.78, 5) is 3.57. The van der Waals surface area contributed by atoms with E-state index in [4.69, 9.17) is 11.0 Å². The zero-order valence-corrected chi connectivity index (χ0v) is 20.5. The predicted octanol–water partition coefficient (Wildman–Crippen LogP) is 6.94. The van der Waals surface area contributed by atoms with Crippen LogP contribution in [0.3, 0.4) is 0 Å². The van der Waals surface area contributed by atoms with Crippen LogP contribution in [0.15, 0.2) is 59.0 Å². The summed E-state index contributed by atoms with van der Waals surface area (Å²) in [6, 6.07) is 19.3. The molecule has 0 aliphatic rings. The maximum absolute atomic E-state index is 7.34.